The average Bonchev–Trinajstić information content (AvgIpc) is 1.97. The van der Waals surface area contributed by atoms with Gasteiger partial charge in [0.05, 0.1) is 11.6 Å². The number of nitrogen functional groups attached to an aromatic ring is 1. The van der Waals surface area contributed by atoms with E-state index < -0.39 is 5.82 Å². The Morgan fingerprint density at radius 1 is 1.55 bits per heavy atom. The smallest absolute Gasteiger partial charge is 0.210 e. The van der Waals surface area contributed by atoms with E-state index in [9.17, 15) is 4.39 Å². The number of nitrogens with zero attached hydrogens (tertiary/aromatic N) is 1. The molecule has 0 amide bonds. The Labute approximate surface area is 68.2 Å². The number of halogens is 2. The molecule has 0 aliphatic carbocycles. The molecule has 2 N–H and O–H groups in total. The van der Waals surface area contributed by atoms with Crippen molar-refractivity contribution in [1.82, 2.24) is 0 Å². The van der Waals surface area contributed by atoms with Crippen molar-refractivity contribution >= 4 is 23.0 Å². The van der Waals surface area contributed by atoms with Gasteiger partial charge in [-0.05, 0) is 12.1 Å². The molecule has 1 aromatic rings. The van der Waals surface area contributed by atoms with Crippen LogP contribution in [0.25, 0.3) is 4.85 Å². The van der Waals surface area contributed by atoms with Gasteiger partial charge in [-0.3, -0.25) is 0 Å². The van der Waals surface area contributed by atoms with Gasteiger partial charge in [0.2, 0.25) is 5.69 Å². The molecule has 56 valence electrons. The molecular weight excluding hydrogens is 167 g/mol. The highest BCUT2D eigenvalue weighted by atomic mass is 35.5. The molecule has 2 nitrogen and oxygen atoms in total. The van der Waals surface area contributed by atoms with Crippen LogP contribution in [0.4, 0.5) is 15.8 Å². The Morgan fingerprint density at radius 3 is 2.73 bits per heavy atom. The van der Waals surface area contributed by atoms with Crippen molar-refractivity contribution in [3.63, 3.8) is 0 Å². The molecule has 1 aromatic carbocycles. The van der Waals surface area contributed by atoms with Crippen LogP contribution >= 0.6 is 11.6 Å². The molecule has 0 saturated heterocycles. The van der Waals surface area contributed by atoms with Gasteiger partial charge >= 0.3 is 0 Å². The maximum absolute atomic E-state index is 12.6. The zero-order chi connectivity index (χ0) is 8.43. The van der Waals surface area contributed by atoms with Gasteiger partial charge in [0.15, 0.2) is 0 Å². The lowest BCUT2D eigenvalue weighted by molar-refractivity contribution is 0.629. The van der Waals surface area contributed by atoms with Crippen LogP contribution in [0, 0.1) is 12.4 Å². The normalized spacial score (nSPS) is 9.18. The molecule has 0 aliphatic heterocycles. The van der Waals surface area contributed by atoms with Gasteiger partial charge in [0, 0.05) is 5.69 Å². The second kappa shape index (κ2) is 2.77. The van der Waals surface area contributed by atoms with Crippen molar-refractivity contribution in [2.75, 3.05) is 5.73 Å². The molecule has 1 rings (SSSR count). The zero-order valence-corrected chi connectivity index (χ0v) is 6.19. The Morgan fingerprint density at radius 2 is 2.18 bits per heavy atom. The summed E-state index contributed by atoms with van der Waals surface area (Å²) in [6.07, 6.45) is 0. The lowest BCUT2D eigenvalue weighted by Crippen LogP contribution is -1.86. The van der Waals surface area contributed by atoms with Crippen molar-refractivity contribution in [3.8, 4) is 0 Å². The summed E-state index contributed by atoms with van der Waals surface area (Å²) in [5.74, 6) is -0.600. The second-order valence-corrected chi connectivity index (χ2v) is 2.34. The number of nitrogens with two attached hydrogens (primary N) is 1. The molecule has 0 heterocycles. The minimum absolute atomic E-state index is 0.0785. The minimum Gasteiger partial charge on any atom is -0.407 e. The molecule has 0 bridgehead atoms. The highest BCUT2D eigenvalue weighted by molar-refractivity contribution is 6.31. The van der Waals surface area contributed by atoms with E-state index in [4.69, 9.17) is 23.9 Å². The summed E-state index contributed by atoms with van der Waals surface area (Å²) < 4.78 is 12.6. The lowest BCUT2D eigenvalue weighted by Gasteiger charge is -1.98. The van der Waals surface area contributed by atoms with Crippen molar-refractivity contribution in [2.24, 2.45) is 0 Å². The van der Waals surface area contributed by atoms with Crippen LogP contribution in [0.2, 0.25) is 5.02 Å². The molecule has 0 aromatic heterocycles. The first-order chi connectivity index (χ1) is 5.15. The second-order valence-electron chi connectivity index (χ2n) is 1.94. The van der Waals surface area contributed by atoms with E-state index in [0.29, 0.717) is 0 Å². The standard InChI is InChI=1S/C7H4ClFN2/c1-11-7-2-4(8)5(9)3-6(7)10/h2-3H,10H2. The van der Waals surface area contributed by atoms with Crippen molar-refractivity contribution in [2.45, 2.75) is 0 Å². The largest absolute Gasteiger partial charge is 0.407 e. The van der Waals surface area contributed by atoms with Gasteiger partial charge in [-0.25, -0.2) is 9.24 Å². The van der Waals surface area contributed by atoms with Crippen LogP contribution in [0.15, 0.2) is 12.1 Å². The first-order valence-electron chi connectivity index (χ1n) is 2.77. The van der Waals surface area contributed by atoms with E-state index >= 15 is 0 Å². The lowest BCUT2D eigenvalue weighted by atomic mass is 10.3. The van der Waals surface area contributed by atoms with E-state index in [2.05, 4.69) is 4.85 Å². The van der Waals surface area contributed by atoms with Crippen LogP contribution in [-0.2, 0) is 0 Å². The summed E-state index contributed by atoms with van der Waals surface area (Å²) in [5, 5.41) is -0.0785. The minimum atomic E-state index is -0.600. The van der Waals surface area contributed by atoms with Crippen molar-refractivity contribution in [3.05, 3.63) is 34.4 Å². The van der Waals surface area contributed by atoms with Gasteiger partial charge in [0.1, 0.15) is 5.82 Å². The molecule has 0 spiro atoms. The zero-order valence-electron chi connectivity index (χ0n) is 5.44. The Balaban J connectivity index is 3.35. The van der Waals surface area contributed by atoms with E-state index in [1.165, 1.54) is 6.07 Å². The fraction of sp³-hybridized carbons (Fsp3) is 0. The van der Waals surface area contributed by atoms with Gasteiger partial charge < -0.3 is 5.73 Å². The summed E-state index contributed by atoms with van der Waals surface area (Å²) in [4.78, 5) is 3.05. The molecule has 4 heteroatoms. The first kappa shape index (κ1) is 7.83. The molecule has 11 heavy (non-hydrogen) atoms. The predicted molar refractivity (Wildman–Crippen MR) is 42.1 cm³/mol. The third-order valence-electron chi connectivity index (χ3n) is 1.19. The highest BCUT2D eigenvalue weighted by Gasteiger charge is 2.04. The van der Waals surface area contributed by atoms with Gasteiger partial charge in [-0.1, -0.05) is 11.6 Å². The predicted octanol–water partition coefficient (Wildman–Crippen LogP) is 2.61. The van der Waals surface area contributed by atoms with E-state index in [1.807, 2.05) is 0 Å². The Kier molecular flexibility index (Phi) is 1.97. The highest BCUT2D eigenvalue weighted by Crippen LogP contribution is 2.28. The number of anilines is 1. The maximum atomic E-state index is 12.6. The van der Waals surface area contributed by atoms with Gasteiger partial charge in [0.25, 0.3) is 0 Å². The molecule has 0 unspecified atom stereocenters. The average molecular weight is 171 g/mol. The molecule has 0 fully saturated rings. The fourth-order valence-electron chi connectivity index (χ4n) is 0.649. The van der Waals surface area contributed by atoms with E-state index in [0.717, 1.165) is 6.07 Å². The molecule has 0 atom stereocenters. The molecular formula is C7H4ClFN2. The Hall–Kier alpha value is -1.27. The van der Waals surface area contributed by atoms with E-state index in [-0.39, 0.29) is 16.4 Å². The molecule has 0 saturated carbocycles. The third-order valence-corrected chi connectivity index (χ3v) is 1.48. The van der Waals surface area contributed by atoms with Crippen LogP contribution in [0.1, 0.15) is 0 Å². The quantitative estimate of drug-likeness (QED) is 0.471. The van der Waals surface area contributed by atoms with Crippen molar-refractivity contribution in [1.29, 1.82) is 0 Å². The van der Waals surface area contributed by atoms with Crippen molar-refractivity contribution < 1.29 is 4.39 Å². The number of hydrogen-bond donors (Lipinski definition) is 1. The Bertz CT molecular complexity index is 330. The topological polar surface area (TPSA) is 30.4 Å². The van der Waals surface area contributed by atoms with Gasteiger partial charge in [-0.15, -0.1) is 0 Å². The van der Waals surface area contributed by atoms with Crippen LogP contribution in [0.3, 0.4) is 0 Å². The van der Waals surface area contributed by atoms with Gasteiger partial charge in [-0.2, -0.15) is 0 Å². The number of benzene rings is 1. The molecule has 0 aliphatic rings. The first-order valence-corrected chi connectivity index (χ1v) is 3.15. The molecule has 0 radical (unpaired) electrons. The number of rotatable bonds is 0. The summed E-state index contributed by atoms with van der Waals surface area (Å²) in [7, 11) is 0. The summed E-state index contributed by atoms with van der Waals surface area (Å²) >= 11 is 5.39. The van der Waals surface area contributed by atoms with E-state index in [1.54, 1.807) is 0 Å². The van der Waals surface area contributed by atoms with Crippen LogP contribution < -0.4 is 5.73 Å². The van der Waals surface area contributed by atoms with Crippen LogP contribution in [0.5, 0.6) is 0 Å². The number of hydrogen-bond acceptors (Lipinski definition) is 1. The van der Waals surface area contributed by atoms with Crippen LogP contribution in [-0.4, -0.2) is 0 Å². The SMILES string of the molecule is [C-]#[N+]c1cc(Cl)c(F)cc1N. The summed E-state index contributed by atoms with van der Waals surface area (Å²) in [5.41, 5.74) is 5.58. The third kappa shape index (κ3) is 1.41. The monoisotopic (exact) mass is 170 g/mol. The maximum Gasteiger partial charge on any atom is 0.210 e. The fourth-order valence-corrected chi connectivity index (χ4v) is 0.806. The summed E-state index contributed by atoms with van der Waals surface area (Å²) in [6, 6.07) is 2.24. The summed E-state index contributed by atoms with van der Waals surface area (Å²) in [6.45, 7) is 6.62.